The highest BCUT2D eigenvalue weighted by molar-refractivity contribution is 6.06. The van der Waals surface area contributed by atoms with E-state index in [1.807, 2.05) is 42.5 Å². The van der Waals surface area contributed by atoms with E-state index in [1.165, 1.54) is 6.08 Å². The summed E-state index contributed by atoms with van der Waals surface area (Å²) in [5.74, 6) is 1.60. The molecule has 1 aliphatic rings. The monoisotopic (exact) mass is 306 g/mol. The van der Waals surface area contributed by atoms with Crippen molar-refractivity contribution in [3.63, 3.8) is 0 Å². The zero-order valence-electron chi connectivity index (χ0n) is 12.3. The fourth-order valence-electron chi connectivity index (χ4n) is 2.52. The molecule has 4 nitrogen and oxygen atoms in total. The van der Waals surface area contributed by atoms with Gasteiger partial charge in [-0.15, -0.1) is 0 Å². The minimum atomic E-state index is -0.170. The Labute approximate surface area is 132 Å². The molecule has 0 aliphatic carbocycles. The van der Waals surface area contributed by atoms with Gasteiger partial charge >= 0.3 is 0 Å². The Bertz CT molecular complexity index is 872. The van der Waals surface area contributed by atoms with E-state index in [-0.39, 0.29) is 5.78 Å². The Hall–Kier alpha value is -3.01. The average Bonchev–Trinajstić information content (AvgIpc) is 3.04. The molecule has 2 heterocycles. The Balaban J connectivity index is 1.57. The van der Waals surface area contributed by atoms with Gasteiger partial charge in [-0.2, -0.15) is 0 Å². The normalized spacial score (nSPS) is 13.6. The lowest BCUT2D eigenvalue weighted by Gasteiger charge is -2.18. The van der Waals surface area contributed by atoms with E-state index >= 15 is 0 Å². The third-order valence-corrected chi connectivity index (χ3v) is 3.66. The van der Waals surface area contributed by atoms with Crippen molar-refractivity contribution in [2.75, 3.05) is 13.2 Å². The number of hydrogen-bond acceptors (Lipinski definition) is 4. The van der Waals surface area contributed by atoms with E-state index < -0.39 is 0 Å². The first kappa shape index (κ1) is 13.6. The number of hydrogen-bond donors (Lipinski definition) is 0. The molecule has 114 valence electrons. The van der Waals surface area contributed by atoms with E-state index in [4.69, 9.17) is 13.9 Å². The molecule has 0 fully saturated rings. The first-order valence-corrected chi connectivity index (χ1v) is 7.40. The van der Waals surface area contributed by atoms with Gasteiger partial charge in [-0.3, -0.25) is 4.79 Å². The van der Waals surface area contributed by atoms with Crippen LogP contribution in [0, 0.1) is 0 Å². The molecule has 2 aromatic carbocycles. The fraction of sp³-hybridized carbons (Fsp3) is 0.105. The van der Waals surface area contributed by atoms with Gasteiger partial charge in [0.1, 0.15) is 18.8 Å². The minimum absolute atomic E-state index is 0.170. The number of furan rings is 1. The summed E-state index contributed by atoms with van der Waals surface area (Å²) < 4.78 is 16.6. The molecule has 0 saturated carbocycles. The van der Waals surface area contributed by atoms with Crippen molar-refractivity contribution < 1.29 is 18.7 Å². The van der Waals surface area contributed by atoms with Gasteiger partial charge in [-0.1, -0.05) is 30.3 Å². The second-order valence-electron chi connectivity index (χ2n) is 5.25. The third-order valence-electron chi connectivity index (χ3n) is 3.66. The number of allylic oxidation sites excluding steroid dienone is 1. The Morgan fingerprint density at radius 1 is 0.957 bits per heavy atom. The second kappa shape index (κ2) is 5.65. The van der Waals surface area contributed by atoms with Crippen molar-refractivity contribution in [1.29, 1.82) is 0 Å². The number of para-hydroxylation sites is 1. The highest BCUT2D eigenvalue weighted by Gasteiger charge is 2.12. The third kappa shape index (κ3) is 2.71. The molecule has 0 bridgehead atoms. The Morgan fingerprint density at radius 2 is 1.78 bits per heavy atom. The number of rotatable bonds is 3. The zero-order chi connectivity index (χ0) is 15.6. The van der Waals surface area contributed by atoms with Crippen LogP contribution in [0.3, 0.4) is 0 Å². The predicted molar refractivity (Wildman–Crippen MR) is 87.0 cm³/mol. The van der Waals surface area contributed by atoms with Crippen molar-refractivity contribution in [2.24, 2.45) is 0 Å². The van der Waals surface area contributed by atoms with E-state index in [0.29, 0.717) is 30.3 Å². The fourth-order valence-corrected chi connectivity index (χ4v) is 2.52. The summed E-state index contributed by atoms with van der Waals surface area (Å²) in [6.07, 6.45) is 3.25. The molecular formula is C19H14O4. The maximum atomic E-state index is 12.2. The molecule has 1 aliphatic heterocycles. The standard InChI is InChI=1S/C19H14O4/c20-15(18-12-14-3-1-2-4-16(14)23-18)7-5-13-6-8-17-19(11-13)22-10-9-21-17/h1-8,11-12H,9-10H2. The van der Waals surface area contributed by atoms with Gasteiger partial charge in [-0.05, 0) is 35.9 Å². The molecule has 1 aromatic heterocycles. The molecule has 23 heavy (non-hydrogen) atoms. The maximum absolute atomic E-state index is 12.2. The van der Waals surface area contributed by atoms with Crippen LogP contribution in [-0.4, -0.2) is 19.0 Å². The van der Waals surface area contributed by atoms with Crippen LogP contribution < -0.4 is 9.47 Å². The van der Waals surface area contributed by atoms with Crippen LogP contribution in [0.15, 0.2) is 59.0 Å². The second-order valence-corrected chi connectivity index (χ2v) is 5.25. The summed E-state index contributed by atoms with van der Waals surface area (Å²) in [6, 6.07) is 14.9. The van der Waals surface area contributed by atoms with Crippen LogP contribution in [0.2, 0.25) is 0 Å². The van der Waals surface area contributed by atoms with Crippen molar-refractivity contribution in [3.8, 4) is 11.5 Å². The number of ether oxygens (including phenoxy) is 2. The number of fused-ring (bicyclic) bond motifs is 2. The molecule has 0 unspecified atom stereocenters. The van der Waals surface area contributed by atoms with Crippen LogP contribution in [0.5, 0.6) is 11.5 Å². The van der Waals surface area contributed by atoms with Crippen molar-refractivity contribution in [3.05, 3.63) is 65.9 Å². The van der Waals surface area contributed by atoms with Gasteiger partial charge in [-0.25, -0.2) is 0 Å². The quantitative estimate of drug-likeness (QED) is 0.540. The van der Waals surface area contributed by atoms with Crippen LogP contribution in [0.25, 0.3) is 17.0 Å². The van der Waals surface area contributed by atoms with Gasteiger partial charge < -0.3 is 13.9 Å². The number of ketones is 1. The topological polar surface area (TPSA) is 48.7 Å². The average molecular weight is 306 g/mol. The van der Waals surface area contributed by atoms with Crippen molar-refractivity contribution >= 4 is 22.8 Å². The van der Waals surface area contributed by atoms with E-state index in [0.717, 1.165) is 16.7 Å². The summed E-state index contributed by atoms with van der Waals surface area (Å²) in [7, 11) is 0. The minimum Gasteiger partial charge on any atom is -0.486 e. The smallest absolute Gasteiger partial charge is 0.221 e. The summed E-state index contributed by atoms with van der Waals surface area (Å²) >= 11 is 0. The van der Waals surface area contributed by atoms with Crippen LogP contribution in [0.1, 0.15) is 16.1 Å². The lowest BCUT2D eigenvalue weighted by atomic mass is 10.1. The zero-order valence-corrected chi connectivity index (χ0v) is 12.3. The largest absolute Gasteiger partial charge is 0.486 e. The highest BCUT2D eigenvalue weighted by atomic mass is 16.6. The SMILES string of the molecule is O=C(C=Cc1ccc2c(c1)OCCO2)c1cc2ccccc2o1. The molecule has 4 rings (SSSR count). The molecule has 0 radical (unpaired) electrons. The summed E-state index contributed by atoms with van der Waals surface area (Å²) in [5.41, 5.74) is 1.59. The maximum Gasteiger partial charge on any atom is 0.221 e. The summed E-state index contributed by atoms with van der Waals surface area (Å²) in [6.45, 7) is 1.10. The predicted octanol–water partition coefficient (Wildman–Crippen LogP) is 4.10. The van der Waals surface area contributed by atoms with Gasteiger partial charge in [0, 0.05) is 5.39 Å². The Morgan fingerprint density at radius 3 is 2.65 bits per heavy atom. The molecular weight excluding hydrogens is 292 g/mol. The van der Waals surface area contributed by atoms with E-state index in [9.17, 15) is 4.79 Å². The molecule has 0 amide bonds. The number of benzene rings is 2. The number of carbonyl (C=O) groups excluding carboxylic acids is 1. The first-order valence-electron chi connectivity index (χ1n) is 7.40. The van der Waals surface area contributed by atoms with Gasteiger partial charge in [0.2, 0.25) is 5.78 Å². The molecule has 0 atom stereocenters. The number of carbonyl (C=O) groups is 1. The van der Waals surface area contributed by atoms with E-state index in [2.05, 4.69) is 0 Å². The van der Waals surface area contributed by atoms with Crippen molar-refractivity contribution in [2.45, 2.75) is 0 Å². The summed E-state index contributed by atoms with van der Waals surface area (Å²) in [4.78, 5) is 12.2. The van der Waals surface area contributed by atoms with Crippen LogP contribution in [-0.2, 0) is 0 Å². The lowest BCUT2D eigenvalue weighted by molar-refractivity contribution is 0.102. The molecule has 0 spiro atoms. The Kier molecular flexibility index (Phi) is 3.35. The van der Waals surface area contributed by atoms with Gasteiger partial charge in [0.05, 0.1) is 0 Å². The van der Waals surface area contributed by atoms with E-state index in [1.54, 1.807) is 12.1 Å². The first-order chi connectivity index (χ1) is 11.3. The molecule has 3 aromatic rings. The van der Waals surface area contributed by atoms with Gasteiger partial charge in [0.25, 0.3) is 0 Å². The van der Waals surface area contributed by atoms with Crippen molar-refractivity contribution in [1.82, 2.24) is 0 Å². The van der Waals surface area contributed by atoms with Gasteiger partial charge in [0.15, 0.2) is 17.3 Å². The lowest BCUT2D eigenvalue weighted by Crippen LogP contribution is -2.15. The van der Waals surface area contributed by atoms with Crippen LogP contribution >= 0.6 is 0 Å². The molecule has 4 heteroatoms. The van der Waals surface area contributed by atoms with Crippen LogP contribution in [0.4, 0.5) is 0 Å². The molecule has 0 saturated heterocycles. The molecule has 0 N–H and O–H groups in total. The highest BCUT2D eigenvalue weighted by Crippen LogP contribution is 2.31. The summed E-state index contributed by atoms with van der Waals surface area (Å²) in [5, 5.41) is 0.920.